The Bertz CT molecular complexity index is 291. The van der Waals surface area contributed by atoms with Crippen molar-refractivity contribution < 1.29 is 23.4 Å². The maximum Gasteiger partial charge on any atom is 0.352 e. The first-order chi connectivity index (χ1) is 5.99. The Morgan fingerprint density at radius 3 is 2.77 bits per heavy atom. The number of carbonyl (C=O) groups is 1. The predicted molar refractivity (Wildman–Crippen MR) is 36.9 cm³/mol. The number of hydrogen-bond donors (Lipinski definition) is 2. The van der Waals surface area contributed by atoms with Crippen molar-refractivity contribution in [2.75, 3.05) is 6.61 Å². The largest absolute Gasteiger partial charge is 0.499 e. The summed E-state index contributed by atoms with van der Waals surface area (Å²) in [5.74, 6) is -5.20. The molecule has 1 fully saturated rings. The minimum atomic E-state index is -3.74. The van der Waals surface area contributed by atoms with Crippen LogP contribution in [0.2, 0.25) is 0 Å². The van der Waals surface area contributed by atoms with Crippen LogP contribution in [0.3, 0.4) is 0 Å². The lowest BCUT2D eigenvalue weighted by atomic mass is 9.95. The molecule has 2 aliphatic heterocycles. The molecule has 2 unspecified atom stereocenters. The molecule has 0 bridgehead atoms. The van der Waals surface area contributed by atoms with Crippen molar-refractivity contribution in [3.63, 3.8) is 0 Å². The van der Waals surface area contributed by atoms with E-state index in [1.165, 1.54) is 12.3 Å². The molecule has 13 heavy (non-hydrogen) atoms. The average Bonchev–Trinajstić information content (AvgIpc) is 2.57. The molecule has 1 saturated heterocycles. The average molecular weight is 191 g/mol. The predicted octanol–water partition coefficient (Wildman–Crippen LogP) is -0.605. The van der Waals surface area contributed by atoms with Crippen molar-refractivity contribution in [1.82, 2.24) is 5.32 Å². The highest BCUT2D eigenvalue weighted by atomic mass is 19.3. The van der Waals surface area contributed by atoms with Gasteiger partial charge in [-0.15, -0.1) is 0 Å². The van der Waals surface area contributed by atoms with Crippen LogP contribution in [-0.2, 0) is 9.53 Å². The molecule has 0 aromatic heterocycles. The fraction of sp³-hybridized carbons (Fsp3) is 0.571. The van der Waals surface area contributed by atoms with Gasteiger partial charge in [0, 0.05) is 0 Å². The summed E-state index contributed by atoms with van der Waals surface area (Å²) in [5.41, 5.74) is -1.44. The molecule has 4 nitrogen and oxygen atoms in total. The molecule has 72 valence electrons. The van der Waals surface area contributed by atoms with Crippen LogP contribution in [0, 0.1) is 0 Å². The van der Waals surface area contributed by atoms with Crippen LogP contribution >= 0.6 is 0 Å². The van der Waals surface area contributed by atoms with Crippen molar-refractivity contribution in [3.05, 3.63) is 12.3 Å². The Hall–Kier alpha value is -1.17. The van der Waals surface area contributed by atoms with E-state index in [4.69, 9.17) is 4.74 Å². The molecule has 0 aliphatic carbocycles. The Labute approximate surface area is 72.2 Å². The fourth-order valence-corrected chi connectivity index (χ4v) is 1.46. The van der Waals surface area contributed by atoms with Gasteiger partial charge in [0.05, 0.1) is 6.26 Å². The number of amides is 1. The number of halogens is 2. The number of rotatable bonds is 0. The van der Waals surface area contributed by atoms with Crippen LogP contribution < -0.4 is 5.32 Å². The van der Waals surface area contributed by atoms with Crippen LogP contribution in [0.25, 0.3) is 0 Å². The molecular weight excluding hydrogens is 184 g/mol. The molecule has 0 radical (unpaired) electrons. The number of aliphatic hydroxyl groups is 1. The molecule has 6 heteroatoms. The minimum absolute atomic E-state index is 0.157. The summed E-state index contributed by atoms with van der Waals surface area (Å²) in [5, 5.41) is 11.2. The van der Waals surface area contributed by atoms with Crippen molar-refractivity contribution in [3.8, 4) is 0 Å². The van der Waals surface area contributed by atoms with Gasteiger partial charge in [-0.1, -0.05) is 0 Å². The smallest absolute Gasteiger partial charge is 0.352 e. The van der Waals surface area contributed by atoms with E-state index in [1.54, 1.807) is 0 Å². The highest BCUT2D eigenvalue weighted by Gasteiger charge is 2.65. The molecule has 0 saturated carbocycles. The number of nitrogens with one attached hydrogen (secondary N) is 1. The van der Waals surface area contributed by atoms with Crippen molar-refractivity contribution in [2.24, 2.45) is 0 Å². The Kier molecular flexibility index (Phi) is 1.42. The fourth-order valence-electron chi connectivity index (χ4n) is 1.46. The van der Waals surface area contributed by atoms with Crippen molar-refractivity contribution in [1.29, 1.82) is 0 Å². The number of ether oxygens (including phenoxy) is 1. The molecule has 0 aromatic carbocycles. The van der Waals surface area contributed by atoms with Gasteiger partial charge >= 0.3 is 5.92 Å². The third-order valence-electron chi connectivity index (χ3n) is 2.26. The van der Waals surface area contributed by atoms with Crippen molar-refractivity contribution >= 4 is 5.91 Å². The topological polar surface area (TPSA) is 58.6 Å². The summed E-state index contributed by atoms with van der Waals surface area (Å²) in [6.07, 6.45) is 0.354. The third kappa shape index (κ3) is 0.888. The SMILES string of the molecule is O=C1NC2(C=COC2)C(O)C1(F)F. The quantitative estimate of drug-likeness (QED) is 0.537. The summed E-state index contributed by atoms with van der Waals surface area (Å²) >= 11 is 0. The van der Waals surface area contributed by atoms with E-state index in [0.29, 0.717) is 0 Å². The second-order valence-electron chi connectivity index (χ2n) is 3.13. The zero-order valence-corrected chi connectivity index (χ0v) is 6.46. The van der Waals surface area contributed by atoms with Crippen LogP contribution in [-0.4, -0.2) is 35.2 Å². The van der Waals surface area contributed by atoms with Gasteiger partial charge in [-0.25, -0.2) is 0 Å². The van der Waals surface area contributed by atoms with Gasteiger partial charge in [-0.05, 0) is 6.08 Å². The van der Waals surface area contributed by atoms with Gasteiger partial charge < -0.3 is 15.2 Å². The third-order valence-corrected chi connectivity index (χ3v) is 2.26. The van der Waals surface area contributed by atoms with E-state index in [-0.39, 0.29) is 6.61 Å². The number of aliphatic hydroxyl groups excluding tert-OH is 1. The summed E-state index contributed by atoms with van der Waals surface area (Å²) in [7, 11) is 0. The van der Waals surface area contributed by atoms with E-state index < -0.39 is 23.5 Å². The van der Waals surface area contributed by atoms with Gasteiger partial charge in [-0.3, -0.25) is 4.79 Å². The Balaban J connectivity index is 2.37. The zero-order chi connectivity index (χ0) is 9.69. The standard InChI is InChI=1S/C7H7F2NO3/c8-7(9)4(11)6(10-5(7)12)1-2-13-3-6/h1-2,4,11H,3H2,(H,10,12). The van der Waals surface area contributed by atoms with Crippen LogP contribution in [0.5, 0.6) is 0 Å². The first-order valence-electron chi connectivity index (χ1n) is 3.67. The summed E-state index contributed by atoms with van der Waals surface area (Å²) < 4.78 is 30.5. The second-order valence-corrected chi connectivity index (χ2v) is 3.13. The van der Waals surface area contributed by atoms with E-state index in [2.05, 4.69) is 0 Å². The molecular formula is C7H7F2NO3. The molecule has 1 spiro atoms. The lowest BCUT2D eigenvalue weighted by Gasteiger charge is -2.23. The van der Waals surface area contributed by atoms with Gasteiger partial charge in [-0.2, -0.15) is 8.78 Å². The van der Waals surface area contributed by atoms with Crippen LogP contribution in [0.1, 0.15) is 0 Å². The monoisotopic (exact) mass is 191 g/mol. The number of alkyl halides is 2. The number of hydrogen-bond acceptors (Lipinski definition) is 3. The summed E-state index contributed by atoms with van der Waals surface area (Å²) in [6, 6.07) is 0. The first kappa shape index (κ1) is 8.43. The first-order valence-corrected chi connectivity index (χ1v) is 3.67. The van der Waals surface area contributed by atoms with Gasteiger partial charge in [0.1, 0.15) is 12.1 Å². The summed E-state index contributed by atoms with van der Waals surface area (Å²) in [6.45, 7) is -0.157. The molecule has 2 N–H and O–H groups in total. The molecule has 2 atom stereocenters. The van der Waals surface area contributed by atoms with Crippen molar-refractivity contribution in [2.45, 2.75) is 17.6 Å². The zero-order valence-electron chi connectivity index (χ0n) is 6.46. The van der Waals surface area contributed by atoms with E-state index >= 15 is 0 Å². The minimum Gasteiger partial charge on any atom is -0.499 e. The maximum atomic E-state index is 12.9. The molecule has 1 amide bonds. The van der Waals surface area contributed by atoms with Gasteiger partial charge in [0.15, 0.2) is 6.10 Å². The van der Waals surface area contributed by atoms with E-state index in [1.807, 2.05) is 5.32 Å². The lowest BCUT2D eigenvalue weighted by molar-refractivity contribution is -0.151. The molecule has 0 aromatic rings. The number of carbonyl (C=O) groups excluding carboxylic acids is 1. The molecule has 2 rings (SSSR count). The lowest BCUT2D eigenvalue weighted by Crippen LogP contribution is -2.50. The van der Waals surface area contributed by atoms with E-state index in [0.717, 1.165) is 0 Å². The Morgan fingerprint density at radius 1 is 1.69 bits per heavy atom. The second kappa shape index (κ2) is 2.20. The highest BCUT2D eigenvalue weighted by molar-refractivity contribution is 5.88. The molecule has 2 heterocycles. The molecule has 2 aliphatic rings. The van der Waals surface area contributed by atoms with E-state index in [9.17, 15) is 18.7 Å². The maximum absolute atomic E-state index is 12.9. The normalized spacial score (nSPS) is 40.8. The Morgan fingerprint density at radius 2 is 2.38 bits per heavy atom. The van der Waals surface area contributed by atoms with Gasteiger partial charge in [0.25, 0.3) is 5.91 Å². The summed E-state index contributed by atoms with van der Waals surface area (Å²) in [4.78, 5) is 10.8. The highest BCUT2D eigenvalue weighted by Crippen LogP contribution is 2.36. The van der Waals surface area contributed by atoms with Gasteiger partial charge in [0.2, 0.25) is 0 Å². The van der Waals surface area contributed by atoms with Crippen LogP contribution in [0.15, 0.2) is 12.3 Å². The van der Waals surface area contributed by atoms with Crippen LogP contribution in [0.4, 0.5) is 8.78 Å².